The molecule has 2 aromatic rings. The first-order valence-corrected chi connectivity index (χ1v) is 7.84. The first-order valence-electron chi connectivity index (χ1n) is 7.84. The summed E-state index contributed by atoms with van der Waals surface area (Å²) < 4.78 is 35.2. The Morgan fingerprint density at radius 2 is 2.04 bits per heavy atom. The third kappa shape index (κ3) is 4.78. The summed E-state index contributed by atoms with van der Waals surface area (Å²) in [5.41, 5.74) is 1.38. The Morgan fingerprint density at radius 1 is 1.21 bits per heavy atom. The summed E-state index contributed by atoms with van der Waals surface area (Å²) in [6.07, 6.45) is 4.77. The molecule has 0 radical (unpaired) electrons. The molecule has 0 atom stereocenters. The summed E-state index contributed by atoms with van der Waals surface area (Å²) >= 11 is 0. The summed E-state index contributed by atoms with van der Waals surface area (Å²) in [4.78, 5) is 17.8. The van der Waals surface area contributed by atoms with E-state index in [1.807, 2.05) is 0 Å². The second-order valence-electron chi connectivity index (χ2n) is 5.82. The number of benzene rings is 1. The van der Waals surface area contributed by atoms with E-state index in [1.165, 1.54) is 18.5 Å². The van der Waals surface area contributed by atoms with Crippen molar-refractivity contribution >= 4 is 0 Å². The number of hydrogen-bond acceptors (Lipinski definition) is 4. The van der Waals surface area contributed by atoms with Gasteiger partial charge in [-0.15, -0.1) is 0 Å². The molecule has 1 aromatic heterocycles. The smallest absolute Gasteiger partial charge is 0.387 e. The number of ether oxygens (including phenoxy) is 2. The summed E-state index contributed by atoms with van der Waals surface area (Å²) in [7, 11) is 0. The Labute approximate surface area is 137 Å². The van der Waals surface area contributed by atoms with Crippen molar-refractivity contribution in [1.82, 2.24) is 9.97 Å². The standard InChI is InChI=1S/C17H18F2N2O3/c18-17(19)24-14-6-4-11(7-15(14)23-9-12-1-2-12)3-5-13-8-16(22)21-10-20-13/h4,6-8,10,12,17H,1-3,5,9H2,(H,20,21,22). The lowest BCUT2D eigenvalue weighted by Gasteiger charge is -2.13. The van der Waals surface area contributed by atoms with Gasteiger partial charge >= 0.3 is 6.61 Å². The van der Waals surface area contributed by atoms with Crippen LogP contribution >= 0.6 is 0 Å². The molecule has 1 aliphatic carbocycles. The Bertz CT molecular complexity index is 745. The van der Waals surface area contributed by atoms with Crippen molar-refractivity contribution in [2.45, 2.75) is 32.3 Å². The van der Waals surface area contributed by atoms with E-state index in [2.05, 4.69) is 14.7 Å². The number of rotatable bonds is 8. The maximum Gasteiger partial charge on any atom is 0.387 e. The van der Waals surface area contributed by atoms with Crippen molar-refractivity contribution in [2.75, 3.05) is 6.61 Å². The number of nitrogens with zero attached hydrogens (tertiary/aromatic N) is 1. The largest absolute Gasteiger partial charge is 0.489 e. The zero-order valence-corrected chi connectivity index (χ0v) is 13.0. The molecule has 5 nitrogen and oxygen atoms in total. The lowest BCUT2D eigenvalue weighted by Crippen LogP contribution is -2.08. The number of alkyl halides is 2. The summed E-state index contributed by atoms with van der Waals surface area (Å²) in [5, 5.41) is 0. The van der Waals surface area contributed by atoms with Crippen LogP contribution in [-0.2, 0) is 12.8 Å². The number of hydrogen-bond donors (Lipinski definition) is 1. The van der Waals surface area contributed by atoms with Crippen molar-refractivity contribution in [3.63, 3.8) is 0 Å². The van der Waals surface area contributed by atoms with Crippen molar-refractivity contribution in [3.05, 3.63) is 52.2 Å². The lowest BCUT2D eigenvalue weighted by molar-refractivity contribution is -0.0515. The van der Waals surface area contributed by atoms with Crippen LogP contribution in [0.4, 0.5) is 8.78 Å². The molecule has 0 unspecified atom stereocenters. The lowest BCUT2D eigenvalue weighted by atomic mass is 10.1. The zero-order chi connectivity index (χ0) is 16.9. The molecule has 0 aliphatic heterocycles. The molecule has 0 spiro atoms. The Balaban J connectivity index is 1.69. The minimum absolute atomic E-state index is 0.0451. The van der Waals surface area contributed by atoms with Gasteiger partial charge in [0.15, 0.2) is 11.5 Å². The molecule has 7 heteroatoms. The highest BCUT2D eigenvalue weighted by Gasteiger charge is 2.23. The van der Waals surface area contributed by atoms with Crippen molar-refractivity contribution in [1.29, 1.82) is 0 Å². The van der Waals surface area contributed by atoms with Gasteiger partial charge < -0.3 is 14.5 Å². The average molecular weight is 336 g/mol. The van der Waals surface area contributed by atoms with Crippen LogP contribution in [0.5, 0.6) is 11.5 Å². The number of aromatic nitrogens is 2. The Kier molecular flexibility index (Phi) is 5.08. The molecule has 1 N–H and O–H groups in total. The van der Waals surface area contributed by atoms with Crippen molar-refractivity contribution in [3.8, 4) is 11.5 Å². The van der Waals surface area contributed by atoms with E-state index in [0.717, 1.165) is 18.4 Å². The summed E-state index contributed by atoms with van der Waals surface area (Å²) in [6, 6.07) is 6.37. The Morgan fingerprint density at radius 3 is 2.75 bits per heavy atom. The van der Waals surface area contributed by atoms with Gasteiger partial charge in [-0.3, -0.25) is 4.79 Å². The molecule has 1 heterocycles. The molecular weight excluding hydrogens is 318 g/mol. The monoisotopic (exact) mass is 336 g/mol. The maximum atomic E-state index is 12.5. The second kappa shape index (κ2) is 7.42. The quantitative estimate of drug-likeness (QED) is 0.805. The van der Waals surface area contributed by atoms with E-state index < -0.39 is 6.61 Å². The minimum Gasteiger partial charge on any atom is -0.489 e. The second-order valence-corrected chi connectivity index (χ2v) is 5.82. The number of aryl methyl sites for hydroxylation is 2. The van der Waals surface area contributed by atoms with Crippen LogP contribution in [0.25, 0.3) is 0 Å². The van der Waals surface area contributed by atoms with Gasteiger partial charge in [0, 0.05) is 11.8 Å². The molecule has 1 aliphatic rings. The zero-order valence-electron chi connectivity index (χ0n) is 13.0. The molecular formula is C17H18F2N2O3. The van der Waals surface area contributed by atoms with E-state index in [-0.39, 0.29) is 11.3 Å². The van der Waals surface area contributed by atoms with Gasteiger partial charge in [-0.05, 0) is 49.3 Å². The van der Waals surface area contributed by atoms with Crippen LogP contribution in [0.2, 0.25) is 0 Å². The highest BCUT2D eigenvalue weighted by molar-refractivity contribution is 5.43. The predicted molar refractivity (Wildman–Crippen MR) is 83.6 cm³/mol. The van der Waals surface area contributed by atoms with Crippen LogP contribution in [0.3, 0.4) is 0 Å². The van der Waals surface area contributed by atoms with Gasteiger partial charge in [0.2, 0.25) is 0 Å². The number of aromatic amines is 1. The summed E-state index contributed by atoms with van der Waals surface area (Å²) in [6.45, 7) is -2.38. The maximum absolute atomic E-state index is 12.5. The van der Waals surface area contributed by atoms with Crippen LogP contribution in [0, 0.1) is 5.92 Å². The summed E-state index contributed by atoms with van der Waals surface area (Å²) in [5.74, 6) is 0.885. The minimum atomic E-state index is -2.89. The molecule has 3 rings (SSSR count). The van der Waals surface area contributed by atoms with Gasteiger partial charge in [-0.1, -0.05) is 6.07 Å². The third-order valence-corrected chi connectivity index (χ3v) is 3.80. The fraction of sp³-hybridized carbons (Fsp3) is 0.412. The number of H-pyrrole nitrogens is 1. The van der Waals surface area contributed by atoms with Crippen LogP contribution in [0.15, 0.2) is 35.4 Å². The topological polar surface area (TPSA) is 64.2 Å². The van der Waals surface area contributed by atoms with Crippen LogP contribution < -0.4 is 15.0 Å². The molecule has 0 saturated heterocycles. The average Bonchev–Trinajstić information content (AvgIpc) is 3.36. The number of halogens is 2. The highest BCUT2D eigenvalue weighted by Crippen LogP contribution is 2.34. The van der Waals surface area contributed by atoms with Gasteiger partial charge in [-0.2, -0.15) is 8.78 Å². The number of nitrogens with one attached hydrogen (secondary N) is 1. The van der Waals surface area contributed by atoms with E-state index in [1.54, 1.807) is 12.1 Å². The molecule has 1 aromatic carbocycles. The third-order valence-electron chi connectivity index (χ3n) is 3.80. The van der Waals surface area contributed by atoms with Gasteiger partial charge in [0.1, 0.15) is 0 Å². The normalized spacial score (nSPS) is 14.0. The van der Waals surface area contributed by atoms with Crippen molar-refractivity contribution in [2.24, 2.45) is 5.92 Å². The molecule has 0 bridgehead atoms. The molecule has 1 fully saturated rings. The fourth-order valence-electron chi connectivity index (χ4n) is 2.32. The highest BCUT2D eigenvalue weighted by atomic mass is 19.3. The van der Waals surface area contributed by atoms with Crippen molar-refractivity contribution < 1.29 is 18.3 Å². The van der Waals surface area contributed by atoms with Gasteiger partial charge in [0.25, 0.3) is 5.56 Å². The van der Waals surface area contributed by atoms with E-state index >= 15 is 0 Å². The molecule has 128 valence electrons. The molecule has 24 heavy (non-hydrogen) atoms. The first-order chi connectivity index (χ1) is 11.6. The predicted octanol–water partition coefficient (Wildman–Crippen LogP) is 2.95. The first kappa shape index (κ1) is 16.4. The van der Waals surface area contributed by atoms with E-state index in [4.69, 9.17) is 4.74 Å². The van der Waals surface area contributed by atoms with E-state index in [0.29, 0.717) is 36.8 Å². The van der Waals surface area contributed by atoms with Crippen LogP contribution in [-0.4, -0.2) is 23.2 Å². The Hall–Kier alpha value is -2.44. The van der Waals surface area contributed by atoms with E-state index in [9.17, 15) is 13.6 Å². The van der Waals surface area contributed by atoms with Gasteiger partial charge in [0.05, 0.1) is 12.9 Å². The molecule has 1 saturated carbocycles. The van der Waals surface area contributed by atoms with Crippen LogP contribution in [0.1, 0.15) is 24.1 Å². The fourth-order valence-corrected chi connectivity index (χ4v) is 2.32. The SMILES string of the molecule is O=c1cc(CCc2ccc(OC(F)F)c(OCC3CC3)c2)nc[nH]1. The molecule has 0 amide bonds. The van der Waals surface area contributed by atoms with Gasteiger partial charge in [-0.25, -0.2) is 4.98 Å².